The molecule has 1 fully saturated rings. The first-order valence-corrected chi connectivity index (χ1v) is 7.46. The Hall–Kier alpha value is -1.82. The molecular weight excluding hydrogens is 266 g/mol. The van der Waals surface area contributed by atoms with Crippen molar-refractivity contribution in [3.63, 3.8) is 0 Å². The van der Waals surface area contributed by atoms with Gasteiger partial charge in [0.1, 0.15) is 5.82 Å². The van der Waals surface area contributed by atoms with Crippen LogP contribution in [0, 0.1) is 6.92 Å². The van der Waals surface area contributed by atoms with E-state index in [1.54, 1.807) is 6.20 Å². The topological polar surface area (TPSA) is 90.7 Å². The maximum Gasteiger partial charge on any atom is 0.261 e. The summed E-state index contributed by atoms with van der Waals surface area (Å²) >= 11 is 0. The van der Waals surface area contributed by atoms with E-state index in [1.165, 1.54) is 0 Å². The lowest BCUT2D eigenvalue weighted by molar-refractivity contribution is 0.372. The molecule has 2 aromatic heterocycles. The zero-order valence-corrected chi connectivity index (χ0v) is 12.8. The number of aromatic nitrogens is 4. The molecule has 0 atom stereocenters. The molecule has 0 unspecified atom stereocenters. The summed E-state index contributed by atoms with van der Waals surface area (Å²) in [7, 11) is 0. The molecule has 0 spiro atoms. The van der Waals surface area contributed by atoms with E-state index in [9.17, 15) is 0 Å². The Morgan fingerprint density at radius 2 is 1.95 bits per heavy atom. The van der Waals surface area contributed by atoms with Crippen LogP contribution in [-0.2, 0) is 5.54 Å². The average molecular weight is 287 g/mol. The van der Waals surface area contributed by atoms with Crippen LogP contribution in [0.25, 0.3) is 11.5 Å². The van der Waals surface area contributed by atoms with Gasteiger partial charge >= 0.3 is 0 Å². The molecule has 0 bridgehead atoms. The van der Waals surface area contributed by atoms with Crippen molar-refractivity contribution in [2.45, 2.75) is 57.9 Å². The summed E-state index contributed by atoms with van der Waals surface area (Å²) in [5.74, 6) is 2.07. The molecule has 2 N–H and O–H groups in total. The number of nitrogens with two attached hydrogens (primary N) is 1. The van der Waals surface area contributed by atoms with E-state index >= 15 is 0 Å². The minimum atomic E-state index is -0.439. The van der Waals surface area contributed by atoms with Crippen molar-refractivity contribution in [2.75, 3.05) is 0 Å². The zero-order valence-electron chi connectivity index (χ0n) is 12.8. The summed E-state index contributed by atoms with van der Waals surface area (Å²) in [6, 6.07) is 0. The van der Waals surface area contributed by atoms with E-state index in [1.807, 2.05) is 6.92 Å². The molecule has 0 saturated heterocycles. The van der Waals surface area contributed by atoms with Crippen LogP contribution < -0.4 is 5.73 Å². The van der Waals surface area contributed by atoms with Crippen molar-refractivity contribution < 1.29 is 4.52 Å². The minimum Gasteiger partial charge on any atom is -0.334 e. The number of aryl methyl sites for hydroxylation is 1. The average Bonchev–Trinajstić information content (AvgIpc) is 3.08. The van der Waals surface area contributed by atoms with Crippen LogP contribution in [0.1, 0.15) is 62.8 Å². The lowest BCUT2D eigenvalue weighted by atomic mass is 9.98. The van der Waals surface area contributed by atoms with E-state index in [0.29, 0.717) is 11.7 Å². The Morgan fingerprint density at radius 3 is 2.62 bits per heavy atom. The van der Waals surface area contributed by atoms with Gasteiger partial charge in [-0.3, -0.25) is 0 Å². The van der Waals surface area contributed by atoms with Gasteiger partial charge in [-0.15, -0.1) is 0 Å². The second-order valence-corrected chi connectivity index (χ2v) is 6.16. The van der Waals surface area contributed by atoms with E-state index in [-0.39, 0.29) is 5.92 Å². The van der Waals surface area contributed by atoms with Gasteiger partial charge in [-0.2, -0.15) is 4.98 Å². The van der Waals surface area contributed by atoms with Crippen LogP contribution in [0.2, 0.25) is 0 Å². The van der Waals surface area contributed by atoms with E-state index in [4.69, 9.17) is 10.3 Å². The fourth-order valence-electron chi connectivity index (χ4n) is 2.86. The van der Waals surface area contributed by atoms with Crippen molar-refractivity contribution >= 4 is 0 Å². The number of hydrogen-bond acceptors (Lipinski definition) is 6. The highest BCUT2D eigenvalue weighted by Gasteiger charge is 2.36. The second kappa shape index (κ2) is 5.18. The van der Waals surface area contributed by atoms with Crippen molar-refractivity contribution in [1.29, 1.82) is 0 Å². The summed E-state index contributed by atoms with van der Waals surface area (Å²) in [5, 5.41) is 4.10. The summed E-state index contributed by atoms with van der Waals surface area (Å²) in [5.41, 5.74) is 7.67. The summed E-state index contributed by atoms with van der Waals surface area (Å²) in [6.45, 7) is 6.05. The van der Waals surface area contributed by atoms with Crippen LogP contribution >= 0.6 is 0 Å². The second-order valence-electron chi connectivity index (χ2n) is 6.16. The lowest BCUT2D eigenvalue weighted by Crippen LogP contribution is -2.34. The van der Waals surface area contributed by atoms with Gasteiger partial charge in [-0.05, 0) is 25.7 Å². The highest BCUT2D eigenvalue weighted by atomic mass is 16.5. The predicted octanol–water partition coefficient (Wildman–Crippen LogP) is 2.69. The van der Waals surface area contributed by atoms with E-state index in [2.05, 4.69) is 34.0 Å². The minimum absolute atomic E-state index is 0.260. The van der Waals surface area contributed by atoms with Crippen molar-refractivity contribution in [3.05, 3.63) is 23.5 Å². The van der Waals surface area contributed by atoms with Crippen LogP contribution in [0.5, 0.6) is 0 Å². The Kier molecular flexibility index (Phi) is 3.49. The van der Waals surface area contributed by atoms with Crippen molar-refractivity contribution in [3.8, 4) is 11.5 Å². The molecule has 2 aromatic rings. The third kappa shape index (κ3) is 2.55. The van der Waals surface area contributed by atoms with Gasteiger partial charge < -0.3 is 10.3 Å². The fourth-order valence-corrected chi connectivity index (χ4v) is 2.86. The standard InChI is InChI=1S/C15H21N5O/c1-9(2)12-11(8-17-10(3)18-12)13-19-14(20-21-13)15(16)6-4-5-7-15/h8-9H,4-7,16H2,1-3H3. The SMILES string of the molecule is Cc1ncc(-c2nc(C3(N)CCCC3)no2)c(C(C)C)n1. The molecule has 2 heterocycles. The highest BCUT2D eigenvalue weighted by Crippen LogP contribution is 2.36. The van der Waals surface area contributed by atoms with Crippen LogP contribution in [0.15, 0.2) is 10.7 Å². The molecule has 0 aromatic carbocycles. The van der Waals surface area contributed by atoms with Gasteiger partial charge in [0.2, 0.25) is 0 Å². The molecule has 0 radical (unpaired) electrons. The summed E-state index contributed by atoms with van der Waals surface area (Å²) in [4.78, 5) is 13.3. The Bertz CT molecular complexity index is 643. The van der Waals surface area contributed by atoms with Gasteiger partial charge in [-0.25, -0.2) is 9.97 Å². The molecular formula is C15H21N5O. The summed E-state index contributed by atoms with van der Waals surface area (Å²) < 4.78 is 5.44. The molecule has 1 aliphatic rings. The van der Waals surface area contributed by atoms with Gasteiger partial charge in [0, 0.05) is 6.20 Å². The van der Waals surface area contributed by atoms with Crippen molar-refractivity contribution in [2.24, 2.45) is 5.73 Å². The molecule has 6 heteroatoms. The van der Waals surface area contributed by atoms with Crippen LogP contribution in [-0.4, -0.2) is 20.1 Å². The van der Waals surface area contributed by atoms with Gasteiger partial charge in [-0.1, -0.05) is 31.8 Å². The van der Waals surface area contributed by atoms with Crippen molar-refractivity contribution in [1.82, 2.24) is 20.1 Å². The van der Waals surface area contributed by atoms with Crippen LogP contribution in [0.4, 0.5) is 0 Å². The molecule has 1 saturated carbocycles. The molecule has 21 heavy (non-hydrogen) atoms. The first kappa shape index (κ1) is 14.1. The maximum atomic E-state index is 6.38. The lowest BCUT2D eigenvalue weighted by Gasteiger charge is -2.17. The molecule has 0 amide bonds. The first-order chi connectivity index (χ1) is 9.99. The van der Waals surface area contributed by atoms with Gasteiger partial charge in [0.05, 0.1) is 16.8 Å². The normalized spacial score (nSPS) is 17.6. The third-order valence-corrected chi connectivity index (χ3v) is 4.08. The third-order valence-electron chi connectivity index (χ3n) is 4.08. The van der Waals surface area contributed by atoms with Gasteiger partial charge in [0.25, 0.3) is 5.89 Å². The van der Waals surface area contributed by atoms with E-state index < -0.39 is 5.54 Å². The summed E-state index contributed by atoms with van der Waals surface area (Å²) in [6.07, 6.45) is 5.81. The predicted molar refractivity (Wildman–Crippen MR) is 78.5 cm³/mol. The van der Waals surface area contributed by atoms with Crippen LogP contribution in [0.3, 0.4) is 0 Å². The number of rotatable bonds is 3. The number of nitrogens with zero attached hydrogens (tertiary/aromatic N) is 4. The Morgan fingerprint density at radius 1 is 1.24 bits per heavy atom. The number of hydrogen-bond donors (Lipinski definition) is 1. The highest BCUT2D eigenvalue weighted by molar-refractivity contribution is 5.55. The largest absolute Gasteiger partial charge is 0.334 e. The maximum absolute atomic E-state index is 6.38. The quantitative estimate of drug-likeness (QED) is 0.933. The Balaban J connectivity index is 2.00. The van der Waals surface area contributed by atoms with E-state index in [0.717, 1.165) is 42.8 Å². The zero-order chi connectivity index (χ0) is 15.0. The Labute approximate surface area is 124 Å². The molecule has 1 aliphatic carbocycles. The first-order valence-electron chi connectivity index (χ1n) is 7.46. The smallest absolute Gasteiger partial charge is 0.261 e. The molecule has 0 aliphatic heterocycles. The van der Waals surface area contributed by atoms with Gasteiger partial charge in [0.15, 0.2) is 5.82 Å². The fraction of sp³-hybridized carbons (Fsp3) is 0.600. The molecule has 6 nitrogen and oxygen atoms in total. The monoisotopic (exact) mass is 287 g/mol. The molecule has 112 valence electrons. The molecule has 3 rings (SSSR count).